The van der Waals surface area contributed by atoms with Gasteiger partial charge in [0, 0.05) is 4.47 Å². The lowest BCUT2D eigenvalue weighted by atomic mass is 10.2. The molecule has 0 unspecified atom stereocenters. The van der Waals surface area contributed by atoms with Crippen molar-refractivity contribution in [3.8, 4) is 0 Å². The van der Waals surface area contributed by atoms with Crippen LogP contribution in [-0.4, -0.2) is 8.42 Å². The van der Waals surface area contributed by atoms with Gasteiger partial charge in [0.15, 0.2) is 0 Å². The Balaban J connectivity index is 2.91. The van der Waals surface area contributed by atoms with Crippen molar-refractivity contribution in [3.63, 3.8) is 0 Å². The predicted octanol–water partition coefficient (Wildman–Crippen LogP) is 1.24. The van der Waals surface area contributed by atoms with E-state index in [0.717, 1.165) is 4.47 Å². The van der Waals surface area contributed by atoms with Crippen LogP contribution in [0.2, 0.25) is 0 Å². The molecule has 0 fully saturated rings. The van der Waals surface area contributed by atoms with Crippen LogP contribution < -0.4 is 5.14 Å². The Labute approximate surface area is 79.8 Å². The van der Waals surface area contributed by atoms with Gasteiger partial charge in [-0.1, -0.05) is 28.1 Å². The molecule has 0 saturated heterocycles. The highest BCUT2D eigenvalue weighted by atomic mass is 79.9. The van der Waals surface area contributed by atoms with Crippen LogP contribution in [0.4, 0.5) is 0 Å². The minimum Gasteiger partial charge on any atom is -0.228 e. The third kappa shape index (κ3) is 3.34. The van der Waals surface area contributed by atoms with Gasteiger partial charge < -0.3 is 0 Å². The standard InChI is InChI=1S/C7H8BrNO2S/c8-7-3-1-2-6(4-7)5-12(9,10)11/h1-4H,5H2,(H2,9,10,11). The van der Waals surface area contributed by atoms with Crippen molar-refractivity contribution in [1.29, 1.82) is 0 Å². The molecule has 0 aliphatic rings. The molecular formula is C7H8BrNO2S. The quantitative estimate of drug-likeness (QED) is 0.858. The van der Waals surface area contributed by atoms with E-state index in [9.17, 15) is 8.42 Å². The van der Waals surface area contributed by atoms with Crippen molar-refractivity contribution in [2.24, 2.45) is 5.14 Å². The van der Waals surface area contributed by atoms with Crippen LogP contribution in [0, 0.1) is 0 Å². The first-order valence-electron chi connectivity index (χ1n) is 3.22. The van der Waals surface area contributed by atoms with Crippen LogP contribution in [0.5, 0.6) is 0 Å². The van der Waals surface area contributed by atoms with Gasteiger partial charge in [-0.2, -0.15) is 0 Å². The van der Waals surface area contributed by atoms with Crippen LogP contribution in [0.3, 0.4) is 0 Å². The zero-order valence-corrected chi connectivity index (χ0v) is 8.60. The second-order valence-corrected chi connectivity index (χ2v) is 4.97. The lowest BCUT2D eigenvalue weighted by Crippen LogP contribution is -2.14. The smallest absolute Gasteiger partial charge is 0.213 e. The van der Waals surface area contributed by atoms with Gasteiger partial charge in [0.05, 0.1) is 5.75 Å². The number of rotatable bonds is 2. The van der Waals surface area contributed by atoms with E-state index in [0.29, 0.717) is 5.56 Å². The van der Waals surface area contributed by atoms with Gasteiger partial charge in [-0.3, -0.25) is 0 Å². The largest absolute Gasteiger partial charge is 0.228 e. The third-order valence-corrected chi connectivity index (χ3v) is 2.49. The number of hydrogen-bond donors (Lipinski definition) is 1. The fourth-order valence-electron chi connectivity index (χ4n) is 0.859. The molecular weight excluding hydrogens is 242 g/mol. The van der Waals surface area contributed by atoms with Crippen LogP contribution >= 0.6 is 15.9 Å². The third-order valence-electron chi connectivity index (χ3n) is 1.26. The zero-order chi connectivity index (χ0) is 9.19. The van der Waals surface area contributed by atoms with Crippen LogP contribution in [0.1, 0.15) is 5.56 Å². The number of halogens is 1. The molecule has 0 aliphatic heterocycles. The molecule has 0 atom stereocenters. The molecule has 2 N–H and O–H groups in total. The summed E-state index contributed by atoms with van der Waals surface area (Å²) in [5, 5.41) is 4.87. The zero-order valence-electron chi connectivity index (χ0n) is 6.20. The van der Waals surface area contributed by atoms with Gasteiger partial charge in [0.2, 0.25) is 10.0 Å². The van der Waals surface area contributed by atoms with E-state index in [1.807, 2.05) is 6.07 Å². The summed E-state index contributed by atoms with van der Waals surface area (Å²) < 4.78 is 22.2. The first kappa shape index (κ1) is 9.70. The van der Waals surface area contributed by atoms with Gasteiger partial charge in [0.1, 0.15) is 0 Å². The van der Waals surface area contributed by atoms with Crippen molar-refractivity contribution >= 4 is 26.0 Å². The topological polar surface area (TPSA) is 60.2 Å². The summed E-state index contributed by atoms with van der Waals surface area (Å²) in [4.78, 5) is 0. The van der Waals surface area contributed by atoms with Crippen LogP contribution in [0.25, 0.3) is 0 Å². The van der Waals surface area contributed by atoms with E-state index in [1.165, 1.54) is 0 Å². The number of benzene rings is 1. The lowest BCUT2D eigenvalue weighted by Gasteiger charge is -1.98. The average molecular weight is 250 g/mol. The van der Waals surface area contributed by atoms with Crippen molar-refractivity contribution in [3.05, 3.63) is 34.3 Å². The van der Waals surface area contributed by atoms with Crippen LogP contribution in [0.15, 0.2) is 28.7 Å². The molecule has 1 aromatic rings. The van der Waals surface area contributed by atoms with Crippen LogP contribution in [-0.2, 0) is 15.8 Å². The summed E-state index contributed by atoms with van der Waals surface area (Å²) in [5.74, 6) is -0.119. The molecule has 0 amide bonds. The summed E-state index contributed by atoms with van der Waals surface area (Å²) >= 11 is 3.23. The molecule has 0 aliphatic carbocycles. The Kier molecular flexibility index (Phi) is 2.87. The summed E-state index contributed by atoms with van der Waals surface area (Å²) in [6.45, 7) is 0. The summed E-state index contributed by atoms with van der Waals surface area (Å²) in [6.07, 6.45) is 0. The summed E-state index contributed by atoms with van der Waals surface area (Å²) in [7, 11) is -3.41. The van der Waals surface area contributed by atoms with Gasteiger partial charge in [0.25, 0.3) is 0 Å². The molecule has 0 saturated carbocycles. The Morgan fingerprint density at radius 2 is 2.08 bits per heavy atom. The Bertz CT molecular complexity index is 375. The highest BCUT2D eigenvalue weighted by Gasteiger charge is 2.04. The van der Waals surface area contributed by atoms with Crippen molar-refractivity contribution < 1.29 is 8.42 Å². The molecule has 12 heavy (non-hydrogen) atoms. The van der Waals surface area contributed by atoms with E-state index in [-0.39, 0.29) is 5.75 Å². The minimum atomic E-state index is -3.41. The van der Waals surface area contributed by atoms with E-state index < -0.39 is 10.0 Å². The fourth-order valence-corrected chi connectivity index (χ4v) is 1.95. The Hall–Kier alpha value is -0.390. The monoisotopic (exact) mass is 249 g/mol. The number of nitrogens with two attached hydrogens (primary N) is 1. The molecule has 66 valence electrons. The molecule has 0 radical (unpaired) electrons. The molecule has 1 rings (SSSR count). The lowest BCUT2D eigenvalue weighted by molar-refractivity contribution is 0.597. The Morgan fingerprint density at radius 3 is 2.58 bits per heavy atom. The first-order chi connectivity index (χ1) is 5.47. The van der Waals surface area contributed by atoms with Gasteiger partial charge in [-0.25, -0.2) is 13.6 Å². The maximum atomic E-state index is 10.7. The normalized spacial score (nSPS) is 11.5. The molecule has 0 heterocycles. The van der Waals surface area contributed by atoms with E-state index in [2.05, 4.69) is 15.9 Å². The first-order valence-corrected chi connectivity index (χ1v) is 5.73. The van der Waals surface area contributed by atoms with Crippen molar-refractivity contribution in [2.75, 3.05) is 0 Å². The highest BCUT2D eigenvalue weighted by molar-refractivity contribution is 9.10. The molecule has 1 aromatic carbocycles. The number of sulfonamides is 1. The van der Waals surface area contributed by atoms with Gasteiger partial charge >= 0.3 is 0 Å². The fraction of sp³-hybridized carbons (Fsp3) is 0.143. The summed E-state index contributed by atoms with van der Waals surface area (Å²) in [6, 6.07) is 7.04. The Morgan fingerprint density at radius 1 is 1.42 bits per heavy atom. The van der Waals surface area contributed by atoms with E-state index in [1.54, 1.807) is 18.2 Å². The molecule has 3 nitrogen and oxygen atoms in total. The molecule has 0 spiro atoms. The molecule has 5 heteroatoms. The maximum Gasteiger partial charge on any atom is 0.213 e. The van der Waals surface area contributed by atoms with Crippen molar-refractivity contribution in [1.82, 2.24) is 0 Å². The molecule has 0 aromatic heterocycles. The van der Waals surface area contributed by atoms with E-state index >= 15 is 0 Å². The summed E-state index contributed by atoms with van der Waals surface area (Å²) in [5.41, 5.74) is 0.687. The predicted molar refractivity (Wildman–Crippen MR) is 51.0 cm³/mol. The van der Waals surface area contributed by atoms with Crippen molar-refractivity contribution in [2.45, 2.75) is 5.75 Å². The highest BCUT2D eigenvalue weighted by Crippen LogP contribution is 2.12. The maximum absolute atomic E-state index is 10.7. The minimum absolute atomic E-state index is 0.119. The molecule has 0 bridgehead atoms. The SMILES string of the molecule is NS(=O)(=O)Cc1cccc(Br)c1. The number of hydrogen-bond acceptors (Lipinski definition) is 2. The second-order valence-electron chi connectivity index (χ2n) is 2.44. The van der Waals surface area contributed by atoms with Gasteiger partial charge in [-0.05, 0) is 17.7 Å². The second kappa shape index (κ2) is 3.55. The average Bonchev–Trinajstić information content (AvgIpc) is 1.82. The van der Waals surface area contributed by atoms with E-state index in [4.69, 9.17) is 5.14 Å². The van der Waals surface area contributed by atoms with Gasteiger partial charge in [-0.15, -0.1) is 0 Å². The number of primary sulfonamides is 1.